The van der Waals surface area contributed by atoms with E-state index in [1.807, 2.05) is 0 Å². The molecule has 0 saturated heterocycles. The molecule has 1 aromatic heterocycles. The fourth-order valence-electron chi connectivity index (χ4n) is 6.56. The monoisotopic (exact) mass is 480 g/mol. The molecule has 1 aromatic carbocycles. The van der Waals surface area contributed by atoms with Crippen LogP contribution in [0.2, 0.25) is 5.02 Å². The van der Waals surface area contributed by atoms with Gasteiger partial charge in [-0.05, 0) is 73.8 Å². The molecule has 0 aliphatic heterocycles. The lowest BCUT2D eigenvalue weighted by atomic mass is 9.50. The number of hydrogen-bond acceptors (Lipinski definition) is 4. The van der Waals surface area contributed by atoms with Crippen molar-refractivity contribution in [2.75, 3.05) is 5.75 Å². The van der Waals surface area contributed by atoms with Gasteiger partial charge >= 0.3 is 0 Å². The number of rotatable bonds is 6. The summed E-state index contributed by atoms with van der Waals surface area (Å²) in [5, 5.41) is -0.241. The van der Waals surface area contributed by atoms with Gasteiger partial charge in [-0.15, -0.1) is 4.83 Å². The molecular weight excluding hydrogens is 455 g/mol. The summed E-state index contributed by atoms with van der Waals surface area (Å²) in [6, 6.07) is 2.69. The highest BCUT2D eigenvalue weighted by molar-refractivity contribution is 7.89. The molecule has 4 fully saturated rings. The topological polar surface area (TPSA) is 93.1 Å². The van der Waals surface area contributed by atoms with Gasteiger partial charge in [-0.3, -0.25) is 10.2 Å². The molecule has 10 heteroatoms. The number of aryl methyl sites for hydroxylation is 1. The van der Waals surface area contributed by atoms with Crippen LogP contribution >= 0.6 is 11.6 Å². The van der Waals surface area contributed by atoms with E-state index >= 15 is 0 Å². The van der Waals surface area contributed by atoms with Crippen LogP contribution in [0.15, 0.2) is 24.7 Å². The number of aromatic nitrogens is 2. The molecule has 4 saturated carbocycles. The average Bonchev–Trinajstić information content (AvgIpc) is 3.12. The first-order valence-corrected chi connectivity index (χ1v) is 12.9. The zero-order chi connectivity index (χ0) is 22.7. The van der Waals surface area contributed by atoms with Gasteiger partial charge in [-0.1, -0.05) is 11.6 Å². The lowest BCUT2D eigenvalue weighted by Crippen LogP contribution is -2.52. The number of hydrogen-bond donors (Lipinski definition) is 2. The third kappa shape index (κ3) is 4.18. The average molecular weight is 481 g/mol. The van der Waals surface area contributed by atoms with Crippen molar-refractivity contribution in [3.05, 3.63) is 41.1 Å². The van der Waals surface area contributed by atoms with E-state index in [0.29, 0.717) is 29.0 Å². The first-order chi connectivity index (χ1) is 15.1. The number of nitrogens with one attached hydrogen (secondary N) is 2. The summed E-state index contributed by atoms with van der Waals surface area (Å²) in [5.74, 6) is 0.0336. The fourth-order valence-corrected chi connectivity index (χ4v) is 8.26. The van der Waals surface area contributed by atoms with Crippen molar-refractivity contribution < 1.29 is 17.6 Å². The Morgan fingerprint density at radius 3 is 2.41 bits per heavy atom. The van der Waals surface area contributed by atoms with Crippen molar-refractivity contribution in [1.29, 1.82) is 0 Å². The molecule has 0 radical (unpaired) electrons. The van der Waals surface area contributed by atoms with Crippen LogP contribution in [0.25, 0.3) is 11.3 Å². The molecule has 4 aliphatic rings. The molecule has 6 rings (SSSR count). The second-order valence-electron chi connectivity index (χ2n) is 9.98. The van der Waals surface area contributed by atoms with Crippen LogP contribution in [0, 0.1) is 29.0 Å². The molecule has 0 atom stereocenters. The Morgan fingerprint density at radius 2 is 1.84 bits per heavy atom. The van der Waals surface area contributed by atoms with Crippen molar-refractivity contribution in [3.8, 4) is 11.3 Å². The van der Waals surface area contributed by atoms with Gasteiger partial charge < -0.3 is 4.57 Å². The van der Waals surface area contributed by atoms with Gasteiger partial charge in [0, 0.05) is 18.8 Å². The Kier molecular flexibility index (Phi) is 5.34. The molecule has 32 heavy (non-hydrogen) atoms. The molecule has 7 nitrogen and oxygen atoms in total. The smallest absolute Gasteiger partial charge is 0.269 e. The van der Waals surface area contributed by atoms with Gasteiger partial charge in [0.25, 0.3) is 5.91 Å². The summed E-state index contributed by atoms with van der Waals surface area (Å²) in [5.41, 5.74) is 2.59. The van der Waals surface area contributed by atoms with E-state index in [0.717, 1.165) is 19.3 Å². The number of sulfonamides is 1. The summed E-state index contributed by atoms with van der Waals surface area (Å²) in [4.78, 5) is 19.0. The summed E-state index contributed by atoms with van der Waals surface area (Å²) >= 11 is 5.99. The van der Waals surface area contributed by atoms with Crippen LogP contribution in [-0.4, -0.2) is 29.6 Å². The Hall–Kier alpha value is -1.97. The van der Waals surface area contributed by atoms with Crippen molar-refractivity contribution >= 4 is 27.5 Å². The molecule has 1 amide bonds. The van der Waals surface area contributed by atoms with Crippen LogP contribution in [0.5, 0.6) is 0 Å². The number of imidazole rings is 1. The maximum Gasteiger partial charge on any atom is 0.269 e. The molecular formula is C22H26ClFN4O3S. The second-order valence-corrected chi connectivity index (χ2v) is 12.1. The minimum atomic E-state index is -3.78. The van der Waals surface area contributed by atoms with Gasteiger partial charge in [0.1, 0.15) is 0 Å². The van der Waals surface area contributed by atoms with Gasteiger partial charge in [-0.2, -0.15) is 0 Å². The molecule has 0 spiro atoms. The molecule has 2 N–H and O–H groups in total. The minimum absolute atomic E-state index is 0.0129. The maximum atomic E-state index is 14.6. The van der Waals surface area contributed by atoms with Crippen molar-refractivity contribution in [3.63, 3.8) is 0 Å². The zero-order valence-electron chi connectivity index (χ0n) is 17.8. The normalized spacial score (nSPS) is 28.8. The predicted octanol–water partition coefficient (Wildman–Crippen LogP) is 3.66. The largest absolute Gasteiger partial charge is 0.340 e. The van der Waals surface area contributed by atoms with Gasteiger partial charge in [0.2, 0.25) is 10.0 Å². The van der Waals surface area contributed by atoms with E-state index in [2.05, 4.69) is 15.2 Å². The zero-order valence-corrected chi connectivity index (χ0v) is 19.3. The Bertz CT molecular complexity index is 1140. The highest BCUT2D eigenvalue weighted by Gasteiger charge is 2.52. The Labute approximate surface area is 191 Å². The van der Waals surface area contributed by atoms with Gasteiger partial charge in [0.15, 0.2) is 5.82 Å². The van der Waals surface area contributed by atoms with Crippen LogP contribution in [-0.2, 0) is 17.1 Å². The third-order valence-corrected chi connectivity index (χ3v) is 8.94. The lowest BCUT2D eigenvalue weighted by molar-refractivity contribution is -0.0391. The van der Waals surface area contributed by atoms with E-state index < -0.39 is 21.7 Å². The lowest BCUT2D eigenvalue weighted by Gasteiger charge is -2.56. The van der Waals surface area contributed by atoms with Gasteiger partial charge in [0.05, 0.1) is 28.4 Å². The van der Waals surface area contributed by atoms with E-state index in [1.165, 1.54) is 31.4 Å². The maximum absolute atomic E-state index is 14.6. The van der Waals surface area contributed by atoms with Crippen LogP contribution in [0.1, 0.15) is 48.9 Å². The van der Waals surface area contributed by atoms with Crippen molar-refractivity contribution in [1.82, 2.24) is 19.8 Å². The highest BCUT2D eigenvalue weighted by atomic mass is 35.5. The van der Waals surface area contributed by atoms with Crippen LogP contribution < -0.4 is 10.3 Å². The second kappa shape index (κ2) is 7.81. The number of carbonyl (C=O) groups excluding carboxylic acids is 1. The van der Waals surface area contributed by atoms with Crippen molar-refractivity contribution in [2.24, 2.45) is 30.2 Å². The van der Waals surface area contributed by atoms with E-state index in [4.69, 9.17) is 11.6 Å². The molecule has 4 aliphatic carbocycles. The number of nitrogens with zero attached hydrogens (tertiary/aromatic N) is 2. The number of carbonyl (C=O) groups is 1. The van der Waals surface area contributed by atoms with Gasteiger partial charge in [-0.25, -0.2) is 17.8 Å². The van der Waals surface area contributed by atoms with Crippen LogP contribution in [0.3, 0.4) is 0 Å². The Morgan fingerprint density at radius 1 is 1.22 bits per heavy atom. The van der Waals surface area contributed by atoms with E-state index in [1.54, 1.807) is 24.1 Å². The molecule has 2 aromatic rings. The Balaban J connectivity index is 1.30. The van der Waals surface area contributed by atoms with E-state index in [-0.39, 0.29) is 21.8 Å². The van der Waals surface area contributed by atoms with Crippen molar-refractivity contribution in [2.45, 2.75) is 38.5 Å². The molecule has 172 valence electrons. The predicted molar refractivity (Wildman–Crippen MR) is 119 cm³/mol. The number of amides is 1. The summed E-state index contributed by atoms with van der Waals surface area (Å²) < 4.78 is 41.9. The first-order valence-electron chi connectivity index (χ1n) is 10.9. The number of halogens is 2. The molecule has 4 bridgehead atoms. The quantitative estimate of drug-likeness (QED) is 0.617. The fraction of sp³-hybridized carbons (Fsp3) is 0.545. The first kappa shape index (κ1) is 21.9. The summed E-state index contributed by atoms with van der Waals surface area (Å²) in [6.45, 7) is 0. The highest BCUT2D eigenvalue weighted by Crippen LogP contribution is 2.60. The molecule has 0 unspecified atom stereocenters. The number of hydrazine groups is 1. The standard InChI is InChI=1S/C22H26ClFN4O3S/c1-28-10-19(25-12-28)16-5-17(20(24)18(23)6-16)21(29)26-27-32(30,31)11-22-7-13-2-14(8-22)4-15(3-13)9-22/h5-6,10,12-15,27H,2-4,7-9,11H2,1H3,(H,26,29). The summed E-state index contributed by atoms with van der Waals surface area (Å²) in [6.07, 6.45) is 9.74. The SMILES string of the molecule is Cn1cnc(-c2cc(Cl)c(F)c(C(=O)NNS(=O)(=O)CC34CC5CC(CC(C5)C3)C4)c2)c1. The van der Waals surface area contributed by atoms with E-state index in [9.17, 15) is 17.6 Å². The minimum Gasteiger partial charge on any atom is -0.340 e. The van der Waals surface area contributed by atoms with Crippen LogP contribution in [0.4, 0.5) is 4.39 Å². The number of benzene rings is 1. The molecule has 1 heterocycles. The summed E-state index contributed by atoms with van der Waals surface area (Å²) in [7, 11) is -2.00. The third-order valence-electron chi connectivity index (χ3n) is 7.25.